The minimum atomic E-state index is -4.20. The number of hydrogen-bond acceptors (Lipinski definition) is 5. The third-order valence-corrected chi connectivity index (χ3v) is 6.91. The van der Waals surface area contributed by atoms with Gasteiger partial charge < -0.3 is 10.1 Å². The average molecular weight is 452 g/mol. The smallest absolute Gasteiger partial charge is 0.338 e. The van der Waals surface area contributed by atoms with E-state index >= 15 is 0 Å². The maximum Gasteiger partial charge on any atom is 0.338 e. The van der Waals surface area contributed by atoms with Crippen LogP contribution >= 0.6 is 0 Å². The van der Waals surface area contributed by atoms with Gasteiger partial charge in [-0.2, -0.15) is 4.31 Å². The quantitative estimate of drug-likeness (QED) is 0.680. The summed E-state index contributed by atoms with van der Waals surface area (Å²) in [5.41, 5.74) is 0.384. The number of piperidine rings is 1. The topological polar surface area (TPSA) is 92.8 Å². The Morgan fingerprint density at radius 3 is 2.35 bits per heavy atom. The van der Waals surface area contributed by atoms with Gasteiger partial charge in [0.2, 0.25) is 15.9 Å². The van der Waals surface area contributed by atoms with Gasteiger partial charge in [0.25, 0.3) is 0 Å². The summed E-state index contributed by atoms with van der Waals surface area (Å²) >= 11 is 0. The van der Waals surface area contributed by atoms with Gasteiger partial charge in [0.15, 0.2) is 0 Å². The van der Waals surface area contributed by atoms with Gasteiger partial charge in [-0.15, -0.1) is 0 Å². The summed E-state index contributed by atoms with van der Waals surface area (Å²) in [6, 6.07) is 8.38. The van der Waals surface area contributed by atoms with E-state index in [-0.39, 0.29) is 44.0 Å². The summed E-state index contributed by atoms with van der Waals surface area (Å²) in [6.07, 6.45) is 0.483. The van der Waals surface area contributed by atoms with E-state index < -0.39 is 38.4 Å². The predicted molar refractivity (Wildman–Crippen MR) is 109 cm³/mol. The van der Waals surface area contributed by atoms with Crippen molar-refractivity contribution in [3.63, 3.8) is 0 Å². The maximum atomic E-state index is 14.3. The number of carbonyl (C=O) groups excluding carboxylic acids is 2. The van der Waals surface area contributed by atoms with Crippen LogP contribution in [0.25, 0.3) is 0 Å². The number of carbonyl (C=O) groups is 2. The molecule has 0 bridgehead atoms. The Balaban J connectivity index is 1.68. The first-order valence-electron chi connectivity index (χ1n) is 9.75. The molecule has 1 amide bonds. The number of halogens is 2. The normalized spacial score (nSPS) is 15.5. The molecule has 0 radical (unpaired) electrons. The molecule has 0 spiro atoms. The van der Waals surface area contributed by atoms with E-state index in [1.165, 1.54) is 30.3 Å². The third kappa shape index (κ3) is 5.26. The molecule has 2 aromatic rings. The van der Waals surface area contributed by atoms with Gasteiger partial charge in [0, 0.05) is 24.7 Å². The van der Waals surface area contributed by atoms with Crippen molar-refractivity contribution in [2.75, 3.05) is 25.0 Å². The van der Waals surface area contributed by atoms with Crippen molar-refractivity contribution < 1.29 is 31.5 Å². The first-order chi connectivity index (χ1) is 14.7. The Labute approximate surface area is 179 Å². The highest BCUT2D eigenvalue weighted by atomic mass is 32.2. The van der Waals surface area contributed by atoms with Gasteiger partial charge in [-0.3, -0.25) is 4.79 Å². The molecule has 2 aromatic carbocycles. The fourth-order valence-electron chi connectivity index (χ4n) is 3.32. The van der Waals surface area contributed by atoms with Crippen LogP contribution in [-0.4, -0.2) is 44.3 Å². The van der Waals surface area contributed by atoms with Crippen molar-refractivity contribution in [3.05, 3.63) is 59.7 Å². The lowest BCUT2D eigenvalue weighted by Crippen LogP contribution is -2.41. The van der Waals surface area contributed by atoms with E-state index in [4.69, 9.17) is 4.74 Å². The third-order valence-electron chi connectivity index (χ3n) is 5.00. The number of esters is 1. The summed E-state index contributed by atoms with van der Waals surface area (Å²) in [5.74, 6) is -2.86. The van der Waals surface area contributed by atoms with E-state index in [9.17, 15) is 26.8 Å². The summed E-state index contributed by atoms with van der Waals surface area (Å²) in [5, 5.41) is 2.68. The van der Waals surface area contributed by atoms with Gasteiger partial charge in [0.05, 0.1) is 12.2 Å². The standard InChI is InChI=1S/C21H22F2N2O5S/c1-2-30-21(27)15-3-8-18(23)19(13-15)31(28,29)25-11-9-14(10-12-25)20(26)24-17-6-4-16(22)5-7-17/h3-8,13-14H,2,9-12H2,1H3,(H,24,26). The zero-order valence-electron chi connectivity index (χ0n) is 16.8. The Bertz CT molecular complexity index is 1070. The predicted octanol–water partition coefficient (Wildman–Crippen LogP) is 3.18. The molecule has 7 nitrogen and oxygen atoms in total. The van der Waals surface area contributed by atoms with Crippen LogP contribution in [0, 0.1) is 17.6 Å². The molecule has 31 heavy (non-hydrogen) atoms. The van der Waals surface area contributed by atoms with Crippen molar-refractivity contribution in [1.82, 2.24) is 4.31 Å². The van der Waals surface area contributed by atoms with Crippen LogP contribution < -0.4 is 5.32 Å². The molecule has 1 N–H and O–H groups in total. The first kappa shape index (κ1) is 22.8. The second-order valence-electron chi connectivity index (χ2n) is 7.04. The number of sulfonamides is 1. The Morgan fingerprint density at radius 1 is 1.10 bits per heavy atom. The number of benzene rings is 2. The Kier molecular flexibility index (Phi) is 7.01. The number of nitrogens with one attached hydrogen (secondary N) is 1. The fourth-order valence-corrected chi connectivity index (χ4v) is 4.88. The number of rotatable bonds is 6. The molecule has 1 aliphatic heterocycles. The molecule has 0 atom stereocenters. The largest absolute Gasteiger partial charge is 0.462 e. The summed E-state index contributed by atoms with van der Waals surface area (Å²) in [6.45, 7) is 1.75. The summed E-state index contributed by atoms with van der Waals surface area (Å²) in [4.78, 5) is 23.7. The van der Waals surface area contributed by atoms with Crippen molar-refractivity contribution >= 4 is 27.6 Å². The molecular weight excluding hydrogens is 430 g/mol. The summed E-state index contributed by atoms with van der Waals surface area (Å²) in [7, 11) is -4.20. The highest BCUT2D eigenvalue weighted by Gasteiger charge is 2.34. The minimum Gasteiger partial charge on any atom is -0.462 e. The van der Waals surface area contributed by atoms with Crippen LogP contribution in [0.15, 0.2) is 47.4 Å². The van der Waals surface area contributed by atoms with Crippen LogP contribution in [0.3, 0.4) is 0 Å². The molecule has 0 unspecified atom stereocenters. The zero-order valence-corrected chi connectivity index (χ0v) is 17.6. The van der Waals surface area contributed by atoms with Gasteiger partial charge in [-0.25, -0.2) is 22.0 Å². The second kappa shape index (κ2) is 9.52. The molecule has 1 saturated heterocycles. The molecule has 166 valence electrons. The Hall–Kier alpha value is -2.85. The number of hydrogen-bond donors (Lipinski definition) is 1. The molecule has 1 fully saturated rings. The van der Waals surface area contributed by atoms with E-state index in [0.29, 0.717) is 5.69 Å². The monoisotopic (exact) mass is 452 g/mol. The lowest BCUT2D eigenvalue weighted by molar-refractivity contribution is -0.120. The average Bonchev–Trinajstić information content (AvgIpc) is 2.75. The number of ether oxygens (including phenoxy) is 1. The van der Waals surface area contributed by atoms with E-state index in [1.807, 2.05) is 0 Å². The van der Waals surface area contributed by atoms with Crippen LogP contribution in [-0.2, 0) is 19.6 Å². The van der Waals surface area contributed by atoms with E-state index in [1.54, 1.807) is 6.92 Å². The first-order valence-corrected chi connectivity index (χ1v) is 11.2. The van der Waals surface area contributed by atoms with Crippen molar-refractivity contribution in [2.45, 2.75) is 24.7 Å². The molecule has 1 aliphatic rings. The highest BCUT2D eigenvalue weighted by molar-refractivity contribution is 7.89. The van der Waals surface area contributed by atoms with E-state index in [2.05, 4.69) is 5.32 Å². The lowest BCUT2D eigenvalue weighted by Gasteiger charge is -2.30. The maximum absolute atomic E-state index is 14.3. The summed E-state index contributed by atoms with van der Waals surface area (Å²) < 4.78 is 59.1. The Morgan fingerprint density at radius 2 is 1.74 bits per heavy atom. The van der Waals surface area contributed by atoms with Crippen molar-refractivity contribution in [2.24, 2.45) is 5.92 Å². The molecule has 0 saturated carbocycles. The van der Waals surface area contributed by atoms with Crippen LogP contribution in [0.2, 0.25) is 0 Å². The molecule has 10 heteroatoms. The minimum absolute atomic E-state index is 0.0207. The molecule has 0 aromatic heterocycles. The van der Waals surface area contributed by atoms with Crippen LogP contribution in [0.4, 0.5) is 14.5 Å². The number of nitrogens with zero attached hydrogens (tertiary/aromatic N) is 1. The van der Waals surface area contributed by atoms with Gasteiger partial charge in [0.1, 0.15) is 16.5 Å². The van der Waals surface area contributed by atoms with Gasteiger partial charge >= 0.3 is 5.97 Å². The molecule has 1 heterocycles. The molecule has 3 rings (SSSR count). The van der Waals surface area contributed by atoms with Crippen LogP contribution in [0.5, 0.6) is 0 Å². The van der Waals surface area contributed by atoms with E-state index in [0.717, 1.165) is 16.4 Å². The molecule has 0 aliphatic carbocycles. The fraction of sp³-hybridized carbons (Fsp3) is 0.333. The van der Waals surface area contributed by atoms with Crippen molar-refractivity contribution in [3.8, 4) is 0 Å². The van der Waals surface area contributed by atoms with Gasteiger partial charge in [-0.05, 0) is 62.2 Å². The highest BCUT2D eigenvalue weighted by Crippen LogP contribution is 2.27. The number of anilines is 1. The second-order valence-corrected chi connectivity index (χ2v) is 8.95. The van der Waals surface area contributed by atoms with Crippen LogP contribution in [0.1, 0.15) is 30.1 Å². The zero-order chi connectivity index (χ0) is 22.6. The van der Waals surface area contributed by atoms with Gasteiger partial charge in [-0.1, -0.05) is 0 Å². The number of amides is 1. The lowest BCUT2D eigenvalue weighted by atomic mass is 9.97. The SMILES string of the molecule is CCOC(=O)c1ccc(F)c(S(=O)(=O)N2CCC(C(=O)Nc3ccc(F)cc3)CC2)c1. The van der Waals surface area contributed by atoms with Crippen molar-refractivity contribution in [1.29, 1.82) is 0 Å². The molecular formula is C21H22F2N2O5S.